The van der Waals surface area contributed by atoms with Crippen LogP contribution in [0.3, 0.4) is 0 Å². The molecule has 4 rings (SSSR count). The van der Waals surface area contributed by atoms with Crippen molar-refractivity contribution in [1.29, 1.82) is 0 Å². The summed E-state index contributed by atoms with van der Waals surface area (Å²) in [5.41, 5.74) is 1.44. The maximum Gasteiger partial charge on any atom is 0.261 e. The number of aryl methyl sites for hydroxylation is 1. The number of hydrogen-bond donors (Lipinski definition) is 1. The van der Waals surface area contributed by atoms with Crippen molar-refractivity contribution in [3.05, 3.63) is 65.1 Å². The van der Waals surface area contributed by atoms with Crippen LogP contribution in [0.15, 0.2) is 53.7 Å². The van der Waals surface area contributed by atoms with Gasteiger partial charge in [0.05, 0.1) is 22.9 Å². The van der Waals surface area contributed by atoms with Gasteiger partial charge in [-0.25, -0.2) is 14.5 Å². The van der Waals surface area contributed by atoms with Crippen molar-refractivity contribution in [1.82, 2.24) is 24.1 Å². The first kappa shape index (κ1) is 15.0. The number of fused-ring (bicyclic) bond motifs is 2. The van der Waals surface area contributed by atoms with Crippen LogP contribution < -0.4 is 10.9 Å². The van der Waals surface area contributed by atoms with Gasteiger partial charge in [-0.15, -0.1) is 0 Å². The van der Waals surface area contributed by atoms with Crippen molar-refractivity contribution in [3.63, 3.8) is 0 Å². The number of benzene rings is 1. The third-order valence-electron chi connectivity index (χ3n) is 3.79. The zero-order valence-electron chi connectivity index (χ0n) is 13.4. The third-order valence-corrected chi connectivity index (χ3v) is 3.79. The van der Waals surface area contributed by atoms with Gasteiger partial charge in [0.25, 0.3) is 5.56 Å². The molecular weight excluding hydrogens is 320 g/mol. The number of amides is 1. The van der Waals surface area contributed by atoms with E-state index in [-0.39, 0.29) is 18.0 Å². The van der Waals surface area contributed by atoms with Crippen LogP contribution in [0.2, 0.25) is 0 Å². The summed E-state index contributed by atoms with van der Waals surface area (Å²) >= 11 is 0. The molecule has 0 aliphatic heterocycles. The number of hydrogen-bond acceptors (Lipinski definition) is 5. The standard InChI is InChI=1S/C17H14N6O2/c1-11-19-16-14(7-4-8-23(16)21-11)20-15(24)9-22-10-18-13-6-3-2-5-12(13)17(22)25/h2-8,10H,9H2,1H3,(H,20,24). The molecule has 3 heterocycles. The molecule has 0 bridgehead atoms. The molecule has 0 saturated carbocycles. The molecule has 1 aromatic carbocycles. The number of para-hydroxylation sites is 1. The molecule has 3 aromatic heterocycles. The topological polar surface area (TPSA) is 94.2 Å². The van der Waals surface area contributed by atoms with Gasteiger partial charge in [0.1, 0.15) is 12.4 Å². The Morgan fingerprint density at radius 1 is 1.20 bits per heavy atom. The molecule has 0 aliphatic rings. The molecule has 0 aliphatic carbocycles. The van der Waals surface area contributed by atoms with Gasteiger partial charge in [0.2, 0.25) is 5.91 Å². The minimum atomic E-state index is -0.340. The van der Waals surface area contributed by atoms with Crippen molar-refractivity contribution in [2.24, 2.45) is 0 Å². The molecule has 4 aromatic rings. The van der Waals surface area contributed by atoms with Gasteiger partial charge in [-0.1, -0.05) is 12.1 Å². The number of anilines is 1. The van der Waals surface area contributed by atoms with Gasteiger partial charge in [-0.2, -0.15) is 5.10 Å². The number of rotatable bonds is 3. The quantitative estimate of drug-likeness (QED) is 0.611. The Morgan fingerprint density at radius 3 is 2.92 bits per heavy atom. The summed E-state index contributed by atoms with van der Waals surface area (Å²) in [6.07, 6.45) is 3.13. The van der Waals surface area contributed by atoms with Crippen LogP contribution in [-0.2, 0) is 11.3 Å². The Hall–Kier alpha value is -3.55. The first-order valence-corrected chi connectivity index (χ1v) is 7.68. The monoisotopic (exact) mass is 334 g/mol. The summed E-state index contributed by atoms with van der Waals surface area (Å²) in [4.78, 5) is 33.3. The summed E-state index contributed by atoms with van der Waals surface area (Å²) in [7, 11) is 0. The Balaban J connectivity index is 1.62. The van der Waals surface area contributed by atoms with Crippen LogP contribution in [0, 0.1) is 6.92 Å². The smallest absolute Gasteiger partial charge is 0.261 e. The molecular formula is C17H14N6O2. The van der Waals surface area contributed by atoms with Crippen LogP contribution in [0.1, 0.15) is 5.82 Å². The second-order valence-corrected chi connectivity index (χ2v) is 5.59. The lowest BCUT2D eigenvalue weighted by Gasteiger charge is -2.08. The fourth-order valence-electron chi connectivity index (χ4n) is 2.67. The van der Waals surface area contributed by atoms with E-state index in [4.69, 9.17) is 0 Å². The normalized spacial score (nSPS) is 11.1. The lowest BCUT2D eigenvalue weighted by atomic mass is 10.2. The Morgan fingerprint density at radius 2 is 2.04 bits per heavy atom. The maximum absolute atomic E-state index is 12.4. The van der Waals surface area contributed by atoms with Crippen molar-refractivity contribution in [3.8, 4) is 0 Å². The zero-order valence-corrected chi connectivity index (χ0v) is 13.4. The Labute approximate surface area is 141 Å². The molecule has 0 unspecified atom stereocenters. The highest BCUT2D eigenvalue weighted by Crippen LogP contribution is 2.14. The van der Waals surface area contributed by atoms with Crippen molar-refractivity contribution in [2.45, 2.75) is 13.5 Å². The van der Waals surface area contributed by atoms with Crippen molar-refractivity contribution >= 4 is 28.1 Å². The van der Waals surface area contributed by atoms with E-state index in [2.05, 4.69) is 20.4 Å². The molecule has 0 spiro atoms. The lowest BCUT2D eigenvalue weighted by Crippen LogP contribution is -2.28. The molecule has 124 valence electrons. The summed E-state index contributed by atoms with van der Waals surface area (Å²) in [6.45, 7) is 1.64. The first-order chi connectivity index (χ1) is 12.1. The van der Waals surface area contributed by atoms with E-state index in [1.807, 2.05) is 6.07 Å². The maximum atomic E-state index is 12.4. The van der Waals surface area contributed by atoms with Crippen molar-refractivity contribution < 1.29 is 4.79 Å². The Kier molecular flexibility index (Phi) is 3.50. The molecule has 1 N–H and O–H groups in total. The summed E-state index contributed by atoms with van der Waals surface area (Å²) in [6, 6.07) is 10.5. The van der Waals surface area contributed by atoms with Gasteiger partial charge in [-0.3, -0.25) is 14.2 Å². The highest BCUT2D eigenvalue weighted by molar-refractivity contribution is 5.94. The van der Waals surface area contributed by atoms with Gasteiger partial charge >= 0.3 is 0 Å². The highest BCUT2D eigenvalue weighted by atomic mass is 16.2. The molecule has 0 atom stereocenters. The van der Waals surface area contributed by atoms with Crippen LogP contribution in [-0.4, -0.2) is 30.1 Å². The van der Waals surface area contributed by atoms with Crippen LogP contribution in [0.5, 0.6) is 0 Å². The fraction of sp³-hybridized carbons (Fsp3) is 0.118. The van der Waals surface area contributed by atoms with E-state index in [9.17, 15) is 9.59 Å². The van der Waals surface area contributed by atoms with Gasteiger partial charge < -0.3 is 5.32 Å². The minimum Gasteiger partial charge on any atom is -0.321 e. The van der Waals surface area contributed by atoms with E-state index >= 15 is 0 Å². The van der Waals surface area contributed by atoms with Gasteiger partial charge in [0, 0.05) is 6.20 Å². The molecule has 8 nitrogen and oxygen atoms in total. The first-order valence-electron chi connectivity index (χ1n) is 7.68. The van der Waals surface area contributed by atoms with E-state index in [1.165, 1.54) is 10.9 Å². The average molecular weight is 334 g/mol. The highest BCUT2D eigenvalue weighted by Gasteiger charge is 2.11. The van der Waals surface area contributed by atoms with Gasteiger partial charge in [-0.05, 0) is 31.2 Å². The summed E-state index contributed by atoms with van der Waals surface area (Å²) < 4.78 is 2.88. The number of pyridine rings is 1. The van der Waals surface area contributed by atoms with E-state index in [1.54, 1.807) is 48.0 Å². The number of nitrogens with zero attached hydrogens (tertiary/aromatic N) is 5. The number of nitrogens with one attached hydrogen (secondary N) is 1. The molecule has 0 fully saturated rings. The van der Waals surface area contributed by atoms with E-state index in [0.29, 0.717) is 28.1 Å². The second-order valence-electron chi connectivity index (χ2n) is 5.59. The van der Waals surface area contributed by atoms with Crippen LogP contribution in [0.25, 0.3) is 16.6 Å². The molecule has 0 radical (unpaired) electrons. The molecule has 0 saturated heterocycles. The van der Waals surface area contributed by atoms with Crippen LogP contribution in [0.4, 0.5) is 5.69 Å². The Bertz CT molecular complexity index is 1160. The van der Waals surface area contributed by atoms with Crippen LogP contribution >= 0.6 is 0 Å². The molecule has 8 heteroatoms. The van der Waals surface area contributed by atoms with Crippen molar-refractivity contribution in [2.75, 3.05) is 5.32 Å². The van der Waals surface area contributed by atoms with E-state index < -0.39 is 0 Å². The van der Waals surface area contributed by atoms with Gasteiger partial charge in [0.15, 0.2) is 5.65 Å². The third kappa shape index (κ3) is 2.74. The largest absolute Gasteiger partial charge is 0.321 e. The predicted octanol–water partition coefficient (Wildman–Crippen LogP) is 1.39. The van der Waals surface area contributed by atoms with E-state index in [0.717, 1.165) is 0 Å². The lowest BCUT2D eigenvalue weighted by molar-refractivity contribution is -0.116. The SMILES string of the molecule is Cc1nc2c(NC(=O)Cn3cnc4ccccc4c3=O)cccn2n1. The zero-order chi connectivity index (χ0) is 17.4. The molecule has 25 heavy (non-hydrogen) atoms. The summed E-state index contributed by atoms with van der Waals surface area (Å²) in [5.74, 6) is 0.268. The fourth-order valence-corrected chi connectivity index (χ4v) is 2.67. The average Bonchev–Trinajstić information content (AvgIpc) is 2.99. The number of carbonyl (C=O) groups excluding carboxylic acids is 1. The second kappa shape index (κ2) is 5.82. The minimum absolute atomic E-state index is 0.134. The number of carbonyl (C=O) groups is 1. The summed E-state index contributed by atoms with van der Waals surface area (Å²) in [5, 5.41) is 7.45. The predicted molar refractivity (Wildman–Crippen MR) is 92.4 cm³/mol. The number of aromatic nitrogens is 5. The molecule has 1 amide bonds.